The van der Waals surface area contributed by atoms with Crippen LogP contribution >= 0.6 is 0 Å². The summed E-state index contributed by atoms with van der Waals surface area (Å²) in [6, 6.07) is 1.38. The monoisotopic (exact) mass is 260 g/mol. The maximum atomic E-state index is 6.60. The quantitative estimate of drug-likeness (QED) is 0.648. The van der Waals surface area contributed by atoms with E-state index >= 15 is 0 Å². The smallest absolute Gasteiger partial charge is 0.172 e. The molecular weight excluding hydrogens is 232 g/mol. The van der Waals surface area contributed by atoms with Crippen LogP contribution in [0.1, 0.15) is 20.3 Å². The van der Waals surface area contributed by atoms with Crippen molar-refractivity contribution in [2.24, 2.45) is 0 Å². The molecule has 1 aliphatic heterocycles. The van der Waals surface area contributed by atoms with E-state index in [0.717, 1.165) is 0 Å². The molecule has 1 rings (SSSR count). The molecule has 0 amide bonds. The highest BCUT2D eigenvalue weighted by Gasteiger charge is 2.60. The van der Waals surface area contributed by atoms with Crippen LogP contribution in [0.25, 0.3) is 0 Å². The van der Waals surface area contributed by atoms with E-state index in [0.29, 0.717) is 0 Å². The molecular formula is C11H28OSi3. The number of rotatable bonds is 1. The fourth-order valence-corrected chi connectivity index (χ4v) is 33.8. The summed E-state index contributed by atoms with van der Waals surface area (Å²) in [5, 5.41) is 0. The van der Waals surface area contributed by atoms with Gasteiger partial charge in [0.25, 0.3) is 0 Å². The lowest BCUT2D eigenvalue weighted by atomic mass is 10.1. The van der Waals surface area contributed by atoms with Crippen molar-refractivity contribution in [3.05, 3.63) is 0 Å². The van der Waals surface area contributed by atoms with Crippen molar-refractivity contribution in [2.75, 3.05) is 0 Å². The van der Waals surface area contributed by atoms with Gasteiger partial charge in [0, 0.05) is 7.59 Å². The van der Waals surface area contributed by atoms with E-state index in [4.69, 9.17) is 4.43 Å². The molecule has 0 radical (unpaired) electrons. The van der Waals surface area contributed by atoms with Gasteiger partial charge >= 0.3 is 0 Å². The Bertz CT molecular complexity index is 239. The van der Waals surface area contributed by atoms with Crippen molar-refractivity contribution in [3.63, 3.8) is 0 Å². The third-order valence-electron chi connectivity index (χ3n) is 5.26. The summed E-state index contributed by atoms with van der Waals surface area (Å²) in [6.07, 6.45) is 1.18. The minimum Gasteiger partial charge on any atom is -0.415 e. The van der Waals surface area contributed by atoms with E-state index < -0.39 is 22.5 Å². The molecule has 4 heteroatoms. The van der Waals surface area contributed by atoms with E-state index in [2.05, 4.69) is 53.1 Å². The van der Waals surface area contributed by atoms with Crippen molar-refractivity contribution in [2.45, 2.75) is 71.2 Å². The lowest BCUT2D eigenvalue weighted by Crippen LogP contribution is -2.78. The van der Waals surface area contributed by atoms with Gasteiger partial charge in [0.15, 0.2) is 7.83 Å². The summed E-state index contributed by atoms with van der Waals surface area (Å²) in [7, 11) is -3.54. The Morgan fingerprint density at radius 3 is 1.87 bits per heavy atom. The second-order valence-electron chi connectivity index (χ2n) is 7.10. The predicted molar refractivity (Wildman–Crippen MR) is 77.0 cm³/mol. The van der Waals surface area contributed by atoms with Crippen molar-refractivity contribution < 1.29 is 4.43 Å². The average Bonchev–Trinajstić information content (AvgIpc) is 1.99. The van der Waals surface area contributed by atoms with Gasteiger partial charge in [-0.05, 0) is 32.5 Å². The van der Waals surface area contributed by atoms with Crippen LogP contribution in [0.4, 0.5) is 0 Å². The third kappa shape index (κ3) is 2.06. The Morgan fingerprint density at radius 2 is 1.53 bits per heavy atom. The predicted octanol–water partition coefficient (Wildman–Crippen LogP) is 3.96. The highest BCUT2D eigenvalue weighted by Crippen LogP contribution is 2.44. The van der Waals surface area contributed by atoms with Crippen molar-refractivity contribution in [1.82, 2.24) is 0 Å². The van der Waals surface area contributed by atoms with Crippen molar-refractivity contribution in [1.29, 1.82) is 0 Å². The first kappa shape index (κ1) is 13.7. The van der Waals surface area contributed by atoms with Gasteiger partial charge in [-0.15, -0.1) is 0 Å². The van der Waals surface area contributed by atoms with Crippen LogP contribution < -0.4 is 0 Å². The Hall–Kier alpha value is 0.611. The molecule has 15 heavy (non-hydrogen) atoms. The molecule has 1 unspecified atom stereocenters. The van der Waals surface area contributed by atoms with Gasteiger partial charge in [-0.2, -0.15) is 0 Å². The maximum absolute atomic E-state index is 6.60. The zero-order chi connectivity index (χ0) is 12.1. The fraction of sp³-hybridized carbons (Fsp3) is 1.00. The number of hydrogen-bond acceptors (Lipinski definition) is 1. The minimum atomic E-state index is -1.41. The highest BCUT2D eigenvalue weighted by molar-refractivity contribution is 7.67. The van der Waals surface area contributed by atoms with Gasteiger partial charge in [0.2, 0.25) is 0 Å². The number of hydrogen-bond donors (Lipinski definition) is 0. The fourth-order valence-electron chi connectivity index (χ4n) is 2.95. The summed E-state index contributed by atoms with van der Waals surface area (Å²) in [6.45, 7) is 20.0. The van der Waals surface area contributed by atoms with Crippen LogP contribution in [0.5, 0.6) is 0 Å². The molecule has 1 atom stereocenters. The molecule has 1 fully saturated rings. The Labute approximate surface area is 98.3 Å². The van der Waals surface area contributed by atoms with Crippen LogP contribution in [0, 0.1) is 0 Å². The zero-order valence-corrected chi connectivity index (χ0v) is 14.8. The molecule has 0 bridgehead atoms. The Balaban J connectivity index is 3.13. The van der Waals surface area contributed by atoms with Crippen LogP contribution in [0.15, 0.2) is 0 Å². The van der Waals surface area contributed by atoms with Gasteiger partial charge in [0.05, 0.1) is 12.7 Å². The second kappa shape index (κ2) is 3.55. The lowest BCUT2D eigenvalue weighted by molar-refractivity contribution is 0.0967. The van der Waals surface area contributed by atoms with Crippen molar-refractivity contribution in [3.8, 4) is 0 Å². The molecule has 0 aromatic heterocycles. The molecule has 1 heterocycles. The SMILES string of the molecule is CCC1(C)C[Si](C)(C)[Si](C)(C)[Si](C)(C)O1. The molecule has 0 spiro atoms. The summed E-state index contributed by atoms with van der Waals surface area (Å²) in [4.78, 5) is 0. The van der Waals surface area contributed by atoms with E-state index in [1.807, 2.05) is 0 Å². The first-order valence-electron chi connectivity index (χ1n) is 6.18. The van der Waals surface area contributed by atoms with Gasteiger partial charge in [0.1, 0.15) is 0 Å². The van der Waals surface area contributed by atoms with E-state index in [-0.39, 0.29) is 5.60 Å². The first-order valence-corrected chi connectivity index (χ1v) is 17.3. The average molecular weight is 261 g/mol. The van der Waals surface area contributed by atoms with Crippen LogP contribution in [-0.4, -0.2) is 28.1 Å². The molecule has 0 aromatic carbocycles. The minimum absolute atomic E-state index is 0.202. The molecule has 0 aliphatic carbocycles. The molecule has 1 aliphatic rings. The zero-order valence-electron chi connectivity index (χ0n) is 11.8. The molecule has 1 nitrogen and oxygen atoms in total. The van der Waals surface area contributed by atoms with Gasteiger partial charge in [-0.25, -0.2) is 0 Å². The lowest BCUT2D eigenvalue weighted by Gasteiger charge is -2.58. The Kier molecular flexibility index (Phi) is 3.24. The molecule has 1 saturated heterocycles. The normalized spacial score (nSPS) is 37.6. The van der Waals surface area contributed by atoms with E-state index in [1.54, 1.807) is 0 Å². The standard InChI is InChI=1S/C11H28OSi3/c1-9-11(2)10-13(3,4)15(7,8)14(5,6)12-11/h9-10H2,1-8H3. The van der Waals surface area contributed by atoms with Crippen LogP contribution in [-0.2, 0) is 4.43 Å². The molecule has 0 aromatic rings. The summed E-state index contributed by atoms with van der Waals surface area (Å²) in [5.41, 5.74) is 0.202. The highest BCUT2D eigenvalue weighted by atomic mass is 29.6. The van der Waals surface area contributed by atoms with Crippen molar-refractivity contribution >= 4 is 22.5 Å². The van der Waals surface area contributed by atoms with Gasteiger partial charge in [-0.1, -0.05) is 33.1 Å². The molecule has 0 N–H and O–H groups in total. The molecule has 0 saturated carbocycles. The summed E-state index contributed by atoms with van der Waals surface area (Å²) >= 11 is 0. The topological polar surface area (TPSA) is 9.23 Å². The van der Waals surface area contributed by atoms with E-state index in [1.165, 1.54) is 12.5 Å². The third-order valence-corrected chi connectivity index (χ3v) is 45.8. The summed E-state index contributed by atoms with van der Waals surface area (Å²) in [5.74, 6) is 0. The van der Waals surface area contributed by atoms with Gasteiger partial charge in [-0.3, -0.25) is 0 Å². The Morgan fingerprint density at radius 1 is 1.07 bits per heavy atom. The largest absolute Gasteiger partial charge is 0.415 e. The second-order valence-corrected chi connectivity index (χ2v) is 34.4. The van der Waals surface area contributed by atoms with Gasteiger partial charge < -0.3 is 4.43 Å². The first-order chi connectivity index (χ1) is 6.47. The maximum Gasteiger partial charge on any atom is 0.172 e. The van der Waals surface area contributed by atoms with Crippen LogP contribution in [0.2, 0.25) is 45.3 Å². The van der Waals surface area contributed by atoms with E-state index in [9.17, 15) is 0 Å². The molecule has 90 valence electrons. The van der Waals surface area contributed by atoms with Crippen LogP contribution in [0.3, 0.4) is 0 Å². The summed E-state index contributed by atoms with van der Waals surface area (Å²) < 4.78 is 6.60.